The van der Waals surface area contributed by atoms with Gasteiger partial charge in [-0.25, -0.2) is 4.79 Å². The van der Waals surface area contributed by atoms with E-state index in [9.17, 15) is 14.7 Å². The number of hydrogen-bond acceptors (Lipinski definition) is 3. The van der Waals surface area contributed by atoms with Crippen LogP contribution in [0.25, 0.3) is 0 Å². The zero-order chi connectivity index (χ0) is 14.6. The Kier molecular flexibility index (Phi) is 4.37. The number of nitrogens with one attached hydrogen (secondary N) is 1. The van der Waals surface area contributed by atoms with Gasteiger partial charge in [0.1, 0.15) is 5.54 Å². The topological polar surface area (TPSA) is 79.3 Å². The van der Waals surface area contributed by atoms with E-state index in [1.807, 2.05) is 13.0 Å². The van der Waals surface area contributed by atoms with E-state index in [1.165, 1.54) is 0 Å². The van der Waals surface area contributed by atoms with Gasteiger partial charge in [-0.05, 0) is 30.4 Å². The summed E-state index contributed by atoms with van der Waals surface area (Å²) in [5.41, 5.74) is -0.327. The van der Waals surface area contributed by atoms with Crippen LogP contribution in [0.3, 0.4) is 0 Å². The summed E-state index contributed by atoms with van der Waals surface area (Å²) in [6.45, 7) is 1.90. The summed E-state index contributed by atoms with van der Waals surface area (Å²) in [6.07, 6.45) is 6.62. The zero-order valence-corrected chi connectivity index (χ0v) is 11.6. The van der Waals surface area contributed by atoms with Crippen molar-refractivity contribution in [2.75, 3.05) is 0 Å². The molecule has 20 heavy (non-hydrogen) atoms. The smallest absolute Gasteiger partial charge is 0.329 e. The molecule has 0 spiro atoms. The highest BCUT2D eigenvalue weighted by Gasteiger charge is 2.46. The van der Waals surface area contributed by atoms with Gasteiger partial charge in [0.05, 0.1) is 6.42 Å². The number of carboxylic acid groups (broad SMARTS) is 1. The first-order valence-electron chi connectivity index (χ1n) is 6.98. The summed E-state index contributed by atoms with van der Waals surface area (Å²) >= 11 is 0. The molecule has 0 aliphatic heterocycles. The molecule has 2 N–H and O–H groups in total. The number of carboxylic acids is 1. The molecule has 2 rings (SSSR count). The minimum absolute atomic E-state index is 0.0494. The van der Waals surface area contributed by atoms with Crippen LogP contribution >= 0.6 is 0 Å². The molecule has 1 amide bonds. The third-order valence-electron chi connectivity index (χ3n) is 4.13. The van der Waals surface area contributed by atoms with Crippen molar-refractivity contribution in [2.24, 2.45) is 5.92 Å². The van der Waals surface area contributed by atoms with Crippen LogP contribution in [-0.4, -0.2) is 27.5 Å². The van der Waals surface area contributed by atoms with Crippen LogP contribution in [-0.2, 0) is 16.0 Å². The minimum Gasteiger partial charge on any atom is -0.479 e. The molecule has 2 unspecified atom stereocenters. The van der Waals surface area contributed by atoms with Crippen molar-refractivity contribution in [2.45, 2.75) is 44.6 Å². The lowest BCUT2D eigenvalue weighted by Gasteiger charge is -2.39. The first kappa shape index (κ1) is 14.5. The lowest BCUT2D eigenvalue weighted by Crippen LogP contribution is -2.60. The Morgan fingerprint density at radius 1 is 1.50 bits per heavy atom. The summed E-state index contributed by atoms with van der Waals surface area (Å²) in [6, 6.07) is 3.57. The Morgan fingerprint density at radius 3 is 2.90 bits per heavy atom. The Balaban J connectivity index is 2.08. The van der Waals surface area contributed by atoms with E-state index in [0.717, 1.165) is 24.8 Å². The van der Waals surface area contributed by atoms with Crippen molar-refractivity contribution >= 4 is 11.9 Å². The molecule has 1 aliphatic carbocycles. The van der Waals surface area contributed by atoms with Crippen molar-refractivity contribution in [3.05, 3.63) is 30.1 Å². The van der Waals surface area contributed by atoms with E-state index in [2.05, 4.69) is 10.3 Å². The number of nitrogens with zero attached hydrogens (tertiary/aromatic N) is 1. The molecule has 0 saturated heterocycles. The molecule has 1 aromatic heterocycles. The van der Waals surface area contributed by atoms with Crippen molar-refractivity contribution in [3.8, 4) is 0 Å². The highest BCUT2D eigenvalue weighted by atomic mass is 16.4. The predicted octanol–water partition coefficient (Wildman–Crippen LogP) is 1.77. The van der Waals surface area contributed by atoms with E-state index < -0.39 is 11.5 Å². The lowest BCUT2D eigenvalue weighted by molar-refractivity contribution is -0.151. The molecule has 1 fully saturated rings. The van der Waals surface area contributed by atoms with E-state index in [-0.39, 0.29) is 18.2 Å². The highest BCUT2D eigenvalue weighted by molar-refractivity contribution is 5.88. The van der Waals surface area contributed by atoms with Crippen molar-refractivity contribution in [3.63, 3.8) is 0 Å². The van der Waals surface area contributed by atoms with Gasteiger partial charge in [0.15, 0.2) is 0 Å². The minimum atomic E-state index is -1.11. The average Bonchev–Trinajstić information content (AvgIpc) is 2.42. The largest absolute Gasteiger partial charge is 0.479 e. The fourth-order valence-corrected chi connectivity index (χ4v) is 2.89. The van der Waals surface area contributed by atoms with Crippen LogP contribution in [0.4, 0.5) is 0 Å². The van der Waals surface area contributed by atoms with Gasteiger partial charge in [-0.2, -0.15) is 0 Å². The maximum absolute atomic E-state index is 12.1. The molecule has 0 aromatic carbocycles. The van der Waals surface area contributed by atoms with Crippen molar-refractivity contribution in [1.29, 1.82) is 0 Å². The number of aromatic nitrogens is 1. The number of hydrogen-bond donors (Lipinski definition) is 2. The third kappa shape index (κ3) is 2.98. The Labute approximate surface area is 118 Å². The molecular formula is C15H20N2O3. The molecule has 108 valence electrons. The quantitative estimate of drug-likeness (QED) is 0.878. The van der Waals surface area contributed by atoms with Crippen molar-refractivity contribution < 1.29 is 14.7 Å². The molecular weight excluding hydrogens is 256 g/mol. The summed E-state index contributed by atoms with van der Waals surface area (Å²) in [5.74, 6) is -1.23. The van der Waals surface area contributed by atoms with Gasteiger partial charge < -0.3 is 10.4 Å². The van der Waals surface area contributed by atoms with Crippen LogP contribution in [0.1, 0.15) is 38.2 Å². The third-order valence-corrected chi connectivity index (χ3v) is 4.13. The molecule has 2 atom stereocenters. The van der Waals surface area contributed by atoms with Gasteiger partial charge in [-0.15, -0.1) is 0 Å². The van der Waals surface area contributed by atoms with Gasteiger partial charge in [-0.1, -0.05) is 25.8 Å². The monoisotopic (exact) mass is 276 g/mol. The van der Waals surface area contributed by atoms with Gasteiger partial charge in [0, 0.05) is 12.4 Å². The zero-order valence-electron chi connectivity index (χ0n) is 11.6. The fraction of sp³-hybridized carbons (Fsp3) is 0.533. The lowest BCUT2D eigenvalue weighted by atomic mass is 9.73. The molecule has 1 heterocycles. The molecule has 0 radical (unpaired) electrons. The summed E-state index contributed by atoms with van der Waals surface area (Å²) in [4.78, 5) is 27.7. The second-order valence-electron chi connectivity index (χ2n) is 5.51. The van der Waals surface area contributed by atoms with Crippen LogP contribution in [0, 0.1) is 5.92 Å². The number of carbonyl (C=O) groups is 2. The van der Waals surface area contributed by atoms with E-state index in [0.29, 0.717) is 6.42 Å². The predicted molar refractivity (Wildman–Crippen MR) is 74.1 cm³/mol. The Hall–Kier alpha value is -1.91. The molecule has 1 saturated carbocycles. The second kappa shape index (κ2) is 6.03. The van der Waals surface area contributed by atoms with Gasteiger partial charge >= 0.3 is 5.97 Å². The Morgan fingerprint density at radius 2 is 2.30 bits per heavy atom. The van der Waals surface area contributed by atoms with Crippen LogP contribution < -0.4 is 5.32 Å². The normalized spacial score (nSPS) is 25.9. The number of carbonyl (C=O) groups excluding carboxylic acids is 1. The molecule has 1 aromatic rings. The van der Waals surface area contributed by atoms with Gasteiger partial charge in [-0.3, -0.25) is 9.78 Å². The SMILES string of the molecule is CC1CCCCC1(NC(=O)Cc1cccnc1)C(=O)O. The second-order valence-corrected chi connectivity index (χ2v) is 5.51. The number of aliphatic carboxylic acids is 1. The molecule has 0 bridgehead atoms. The van der Waals surface area contributed by atoms with Crippen LogP contribution in [0.2, 0.25) is 0 Å². The summed E-state index contributed by atoms with van der Waals surface area (Å²) in [7, 11) is 0. The van der Waals surface area contributed by atoms with E-state index in [4.69, 9.17) is 0 Å². The summed E-state index contributed by atoms with van der Waals surface area (Å²) in [5, 5.41) is 12.3. The Bertz CT molecular complexity index is 489. The maximum Gasteiger partial charge on any atom is 0.329 e. The first-order valence-corrected chi connectivity index (χ1v) is 6.98. The number of pyridine rings is 1. The van der Waals surface area contributed by atoms with Crippen molar-refractivity contribution in [1.82, 2.24) is 10.3 Å². The number of amides is 1. The highest BCUT2D eigenvalue weighted by Crippen LogP contribution is 2.34. The van der Waals surface area contributed by atoms with Crippen LogP contribution in [0.5, 0.6) is 0 Å². The van der Waals surface area contributed by atoms with E-state index in [1.54, 1.807) is 18.5 Å². The van der Waals surface area contributed by atoms with Gasteiger partial charge in [0.2, 0.25) is 5.91 Å². The first-order chi connectivity index (χ1) is 9.54. The standard InChI is InChI=1S/C15H20N2O3/c1-11-5-2-3-7-15(11,14(19)20)17-13(18)9-12-6-4-8-16-10-12/h4,6,8,10-11H,2-3,5,7,9H2,1H3,(H,17,18)(H,19,20). The average molecular weight is 276 g/mol. The van der Waals surface area contributed by atoms with Gasteiger partial charge in [0.25, 0.3) is 0 Å². The molecule has 5 nitrogen and oxygen atoms in total. The number of rotatable bonds is 4. The van der Waals surface area contributed by atoms with Crippen LogP contribution in [0.15, 0.2) is 24.5 Å². The van der Waals surface area contributed by atoms with E-state index >= 15 is 0 Å². The molecule has 5 heteroatoms. The fourth-order valence-electron chi connectivity index (χ4n) is 2.89. The molecule has 1 aliphatic rings. The maximum atomic E-state index is 12.1. The summed E-state index contributed by atoms with van der Waals surface area (Å²) < 4.78 is 0.